The molecule has 0 atom stereocenters. The van der Waals surface area contributed by atoms with Gasteiger partial charge in [-0.1, -0.05) is 11.6 Å². The molecule has 1 N–H and O–H groups in total. The molecule has 0 amide bonds. The Kier molecular flexibility index (Phi) is 5.87. The Balaban J connectivity index is 1.91. The highest BCUT2D eigenvalue weighted by molar-refractivity contribution is 6.30. The van der Waals surface area contributed by atoms with E-state index in [9.17, 15) is 9.59 Å². The minimum atomic E-state index is -0.551. The molecule has 2 aromatic rings. The Labute approximate surface area is 144 Å². The molecule has 128 valence electrons. The normalized spacial score (nSPS) is 10.3. The van der Waals surface area contributed by atoms with Crippen LogP contribution >= 0.6 is 11.6 Å². The highest BCUT2D eigenvalue weighted by atomic mass is 35.5. The number of aromatic nitrogens is 1. The van der Waals surface area contributed by atoms with Gasteiger partial charge in [-0.3, -0.25) is 0 Å². The molecule has 0 fully saturated rings. The molecule has 0 aliphatic rings. The van der Waals surface area contributed by atoms with E-state index in [1.165, 1.54) is 7.11 Å². The third-order valence-corrected chi connectivity index (χ3v) is 3.68. The summed E-state index contributed by atoms with van der Waals surface area (Å²) in [6.07, 6.45) is 0. The first kappa shape index (κ1) is 17.9. The number of carbonyl (C=O) groups is 2. The molecule has 0 saturated carbocycles. The van der Waals surface area contributed by atoms with E-state index in [0.29, 0.717) is 27.6 Å². The van der Waals surface area contributed by atoms with Gasteiger partial charge in [0.05, 0.1) is 12.7 Å². The zero-order valence-electron chi connectivity index (χ0n) is 13.6. The number of methoxy groups -OCH3 is 1. The van der Waals surface area contributed by atoms with Crippen molar-refractivity contribution in [1.29, 1.82) is 0 Å². The number of rotatable bonds is 6. The van der Waals surface area contributed by atoms with Crippen molar-refractivity contribution in [3.05, 3.63) is 51.8 Å². The van der Waals surface area contributed by atoms with Crippen molar-refractivity contribution in [2.45, 2.75) is 13.8 Å². The van der Waals surface area contributed by atoms with Crippen LogP contribution in [0.25, 0.3) is 0 Å². The van der Waals surface area contributed by atoms with Crippen molar-refractivity contribution >= 4 is 23.5 Å². The number of ether oxygens (including phenoxy) is 3. The van der Waals surface area contributed by atoms with Crippen LogP contribution in [0.2, 0.25) is 5.02 Å². The van der Waals surface area contributed by atoms with Crippen LogP contribution in [0.4, 0.5) is 0 Å². The summed E-state index contributed by atoms with van der Waals surface area (Å²) < 4.78 is 15.3. The maximum absolute atomic E-state index is 12.1. The second kappa shape index (κ2) is 7.88. The fourth-order valence-corrected chi connectivity index (χ4v) is 2.39. The number of hydrogen-bond donors (Lipinski definition) is 1. The summed E-state index contributed by atoms with van der Waals surface area (Å²) in [4.78, 5) is 26.7. The molecule has 6 nitrogen and oxygen atoms in total. The molecular formula is C17H18ClNO5. The Morgan fingerprint density at radius 3 is 2.38 bits per heavy atom. The van der Waals surface area contributed by atoms with E-state index in [1.807, 2.05) is 0 Å². The number of hydrogen-bond acceptors (Lipinski definition) is 5. The Morgan fingerprint density at radius 2 is 1.75 bits per heavy atom. The summed E-state index contributed by atoms with van der Waals surface area (Å²) in [5.41, 5.74) is 1.65. The van der Waals surface area contributed by atoms with Gasteiger partial charge in [0.2, 0.25) is 0 Å². The van der Waals surface area contributed by atoms with Gasteiger partial charge < -0.3 is 19.2 Å². The van der Waals surface area contributed by atoms with Crippen molar-refractivity contribution in [2.75, 3.05) is 20.3 Å². The van der Waals surface area contributed by atoms with Gasteiger partial charge in [-0.25, -0.2) is 9.59 Å². The van der Waals surface area contributed by atoms with Gasteiger partial charge in [0.25, 0.3) is 0 Å². The van der Waals surface area contributed by atoms with Gasteiger partial charge in [-0.15, -0.1) is 0 Å². The zero-order valence-corrected chi connectivity index (χ0v) is 14.4. The first-order chi connectivity index (χ1) is 11.4. The predicted octanol–water partition coefficient (Wildman–Crippen LogP) is 3.31. The van der Waals surface area contributed by atoms with Gasteiger partial charge in [0.1, 0.15) is 24.7 Å². The number of nitrogens with one attached hydrogen (secondary N) is 1. The van der Waals surface area contributed by atoms with Crippen molar-refractivity contribution in [3.8, 4) is 5.75 Å². The molecule has 1 heterocycles. The fraction of sp³-hybridized carbons (Fsp3) is 0.294. The maximum Gasteiger partial charge on any atom is 0.355 e. The summed E-state index contributed by atoms with van der Waals surface area (Å²) in [7, 11) is 1.29. The fourth-order valence-electron chi connectivity index (χ4n) is 2.26. The lowest BCUT2D eigenvalue weighted by Crippen LogP contribution is -2.13. The van der Waals surface area contributed by atoms with Crippen LogP contribution in [0.3, 0.4) is 0 Å². The number of aromatic amines is 1. The number of H-pyrrole nitrogens is 1. The molecule has 7 heteroatoms. The zero-order chi connectivity index (χ0) is 17.7. The standard InChI is InChI=1S/C17H18ClNO5/c1-10-14(16(20)22-3)11(2)19-15(10)17(21)24-9-8-23-13-6-4-12(18)5-7-13/h4-7,19H,8-9H2,1-3H3. The molecule has 0 aliphatic carbocycles. The number of aryl methyl sites for hydroxylation is 1. The monoisotopic (exact) mass is 351 g/mol. The second-order valence-corrected chi connectivity index (χ2v) is 5.49. The Bertz CT molecular complexity index is 736. The number of esters is 2. The number of benzene rings is 1. The third kappa shape index (κ3) is 4.08. The molecule has 0 spiro atoms. The van der Waals surface area contributed by atoms with Crippen LogP contribution in [0.1, 0.15) is 32.1 Å². The van der Waals surface area contributed by atoms with Crippen molar-refractivity contribution in [3.63, 3.8) is 0 Å². The van der Waals surface area contributed by atoms with E-state index in [-0.39, 0.29) is 18.9 Å². The molecule has 0 saturated heterocycles. The average Bonchev–Trinajstić information content (AvgIpc) is 2.87. The van der Waals surface area contributed by atoms with Crippen LogP contribution in [-0.4, -0.2) is 37.2 Å². The van der Waals surface area contributed by atoms with Crippen molar-refractivity contribution < 1.29 is 23.8 Å². The average molecular weight is 352 g/mol. The topological polar surface area (TPSA) is 77.6 Å². The van der Waals surface area contributed by atoms with Crippen LogP contribution in [0.15, 0.2) is 24.3 Å². The summed E-state index contributed by atoms with van der Waals surface area (Å²) in [6, 6.07) is 6.88. The molecule has 0 aliphatic heterocycles. The SMILES string of the molecule is COC(=O)c1c(C)[nH]c(C(=O)OCCOc2ccc(Cl)cc2)c1C. The molecule has 0 unspecified atom stereocenters. The number of halogens is 1. The number of carbonyl (C=O) groups excluding carboxylic acids is 2. The quantitative estimate of drug-likeness (QED) is 0.638. The van der Waals surface area contributed by atoms with E-state index in [2.05, 4.69) is 4.98 Å². The third-order valence-electron chi connectivity index (χ3n) is 3.43. The summed E-state index contributed by atoms with van der Waals surface area (Å²) in [5.74, 6) is -0.410. The van der Waals surface area contributed by atoms with Gasteiger partial charge in [0, 0.05) is 10.7 Å². The van der Waals surface area contributed by atoms with Gasteiger partial charge in [0.15, 0.2) is 0 Å². The van der Waals surface area contributed by atoms with E-state index in [1.54, 1.807) is 38.1 Å². The van der Waals surface area contributed by atoms with Gasteiger partial charge in [-0.2, -0.15) is 0 Å². The van der Waals surface area contributed by atoms with E-state index < -0.39 is 11.9 Å². The van der Waals surface area contributed by atoms with Crippen molar-refractivity contribution in [1.82, 2.24) is 4.98 Å². The lowest BCUT2D eigenvalue weighted by molar-refractivity contribution is 0.0443. The maximum atomic E-state index is 12.1. The molecule has 1 aromatic carbocycles. The van der Waals surface area contributed by atoms with Crippen LogP contribution in [0, 0.1) is 13.8 Å². The van der Waals surface area contributed by atoms with Gasteiger partial charge in [-0.05, 0) is 43.7 Å². The molecule has 0 radical (unpaired) electrons. The predicted molar refractivity (Wildman–Crippen MR) is 88.8 cm³/mol. The van der Waals surface area contributed by atoms with Crippen molar-refractivity contribution in [2.24, 2.45) is 0 Å². The lowest BCUT2D eigenvalue weighted by atomic mass is 10.1. The van der Waals surface area contributed by atoms with Crippen LogP contribution in [0.5, 0.6) is 5.75 Å². The molecule has 0 bridgehead atoms. The van der Waals surface area contributed by atoms with Gasteiger partial charge >= 0.3 is 11.9 Å². The highest BCUT2D eigenvalue weighted by Crippen LogP contribution is 2.20. The summed E-state index contributed by atoms with van der Waals surface area (Å²) in [5, 5.41) is 0.618. The largest absolute Gasteiger partial charge is 0.490 e. The first-order valence-electron chi connectivity index (χ1n) is 7.27. The highest BCUT2D eigenvalue weighted by Gasteiger charge is 2.23. The van der Waals surface area contributed by atoms with Crippen LogP contribution < -0.4 is 4.74 Å². The molecule has 1 aromatic heterocycles. The van der Waals surface area contributed by atoms with E-state index >= 15 is 0 Å². The summed E-state index contributed by atoms with van der Waals surface area (Å²) in [6.45, 7) is 3.64. The minimum Gasteiger partial charge on any atom is -0.490 e. The Morgan fingerprint density at radius 1 is 1.08 bits per heavy atom. The Hall–Kier alpha value is -2.47. The molecular weight excluding hydrogens is 334 g/mol. The second-order valence-electron chi connectivity index (χ2n) is 5.05. The smallest absolute Gasteiger partial charge is 0.355 e. The first-order valence-corrected chi connectivity index (χ1v) is 7.64. The summed E-state index contributed by atoms with van der Waals surface area (Å²) >= 11 is 5.78. The molecule has 2 rings (SSSR count). The minimum absolute atomic E-state index is 0.0759. The molecule has 24 heavy (non-hydrogen) atoms. The van der Waals surface area contributed by atoms with Crippen LogP contribution in [-0.2, 0) is 9.47 Å². The lowest BCUT2D eigenvalue weighted by Gasteiger charge is -2.07. The van der Waals surface area contributed by atoms with E-state index in [0.717, 1.165) is 0 Å². The van der Waals surface area contributed by atoms with E-state index in [4.69, 9.17) is 25.8 Å².